The van der Waals surface area contributed by atoms with Gasteiger partial charge in [0.2, 0.25) is 0 Å². The molecule has 2 heterocycles. The minimum atomic E-state index is -4.13. The molecule has 38 heavy (non-hydrogen) atoms. The van der Waals surface area contributed by atoms with Gasteiger partial charge in [-0.15, -0.1) is 0 Å². The number of rotatable bonds is 8. The fraction of sp³-hybridized carbons (Fsp3) is 0.357. The topological polar surface area (TPSA) is 115 Å². The van der Waals surface area contributed by atoms with Gasteiger partial charge >= 0.3 is 0 Å². The number of hydrogen-bond donors (Lipinski definition) is 2. The minimum Gasteiger partial charge on any atom is -0.492 e. The van der Waals surface area contributed by atoms with Crippen LogP contribution in [0.1, 0.15) is 44.0 Å². The Morgan fingerprint density at radius 3 is 2.58 bits per heavy atom. The highest BCUT2D eigenvalue weighted by molar-refractivity contribution is 7.90. The maximum absolute atomic E-state index is 13.3. The van der Waals surface area contributed by atoms with Gasteiger partial charge in [0.05, 0.1) is 27.8 Å². The number of nitrogens with one attached hydrogen (secondary N) is 1. The van der Waals surface area contributed by atoms with E-state index >= 15 is 0 Å². The van der Waals surface area contributed by atoms with E-state index in [9.17, 15) is 13.2 Å². The van der Waals surface area contributed by atoms with E-state index < -0.39 is 15.9 Å². The third-order valence-corrected chi connectivity index (χ3v) is 8.04. The van der Waals surface area contributed by atoms with Crippen LogP contribution in [0.5, 0.6) is 5.75 Å². The first-order valence-electron chi connectivity index (χ1n) is 12.6. The first kappa shape index (κ1) is 27.7. The second-order valence-corrected chi connectivity index (χ2v) is 12.2. The number of amides is 1. The molecule has 10 heteroatoms. The molecule has 4 rings (SSSR count). The van der Waals surface area contributed by atoms with Crippen molar-refractivity contribution in [3.63, 3.8) is 0 Å². The van der Waals surface area contributed by atoms with Gasteiger partial charge in [0.25, 0.3) is 15.9 Å². The van der Waals surface area contributed by atoms with E-state index in [1.807, 2.05) is 17.0 Å². The molecular weight excluding hydrogens is 524 g/mol. The van der Waals surface area contributed by atoms with E-state index in [0.717, 1.165) is 18.4 Å². The molecule has 2 aromatic carbocycles. The maximum Gasteiger partial charge on any atom is 0.268 e. The summed E-state index contributed by atoms with van der Waals surface area (Å²) in [4.78, 5) is 20.1. The van der Waals surface area contributed by atoms with E-state index in [1.165, 1.54) is 18.2 Å². The number of halogens is 1. The second-order valence-electron chi connectivity index (χ2n) is 10.1. The zero-order chi connectivity index (χ0) is 27.4. The molecule has 0 spiro atoms. The molecule has 1 aliphatic rings. The highest BCUT2D eigenvalue weighted by atomic mass is 35.5. The largest absolute Gasteiger partial charge is 0.492 e. The van der Waals surface area contributed by atoms with Crippen LogP contribution in [0.4, 0.5) is 11.5 Å². The minimum absolute atomic E-state index is 0.0844. The van der Waals surface area contributed by atoms with Crippen LogP contribution in [0.15, 0.2) is 59.5 Å². The summed E-state index contributed by atoms with van der Waals surface area (Å²) >= 11 is 6.35. The molecule has 0 radical (unpaired) electrons. The van der Waals surface area contributed by atoms with Crippen molar-refractivity contribution >= 4 is 39.0 Å². The molecule has 0 saturated carbocycles. The molecule has 1 aliphatic heterocycles. The van der Waals surface area contributed by atoms with Gasteiger partial charge in [-0.2, -0.15) is 0 Å². The first-order valence-corrected chi connectivity index (χ1v) is 14.5. The van der Waals surface area contributed by atoms with Crippen LogP contribution in [0.3, 0.4) is 0 Å². The predicted octanol–water partition coefficient (Wildman–Crippen LogP) is 5.37. The number of aromatic nitrogens is 1. The van der Waals surface area contributed by atoms with Crippen molar-refractivity contribution < 1.29 is 17.9 Å². The number of pyridine rings is 1. The van der Waals surface area contributed by atoms with Crippen LogP contribution >= 0.6 is 11.6 Å². The monoisotopic (exact) mass is 556 g/mol. The molecule has 0 aliphatic carbocycles. The number of piperidine rings is 1. The summed E-state index contributed by atoms with van der Waals surface area (Å²) in [5.41, 5.74) is 7.61. The number of ether oxygens (including phenoxy) is 1. The SMILES string of the molecule is CC(C)COc1cc(-c2ccc(C(=O)NS(=O)(=O)c3cccc(N)c3)c(N3CCC(C)CC3)n2)ccc1Cl. The molecule has 1 amide bonds. The van der Waals surface area contributed by atoms with Crippen LogP contribution < -0.4 is 20.1 Å². The Morgan fingerprint density at radius 1 is 1.16 bits per heavy atom. The Bertz CT molecular complexity index is 1420. The van der Waals surface area contributed by atoms with Crippen molar-refractivity contribution in [3.8, 4) is 17.0 Å². The molecule has 8 nitrogen and oxygen atoms in total. The number of nitrogens with two attached hydrogens (primary N) is 1. The Balaban J connectivity index is 1.70. The van der Waals surface area contributed by atoms with E-state index in [1.54, 1.807) is 24.3 Å². The third-order valence-electron chi connectivity index (χ3n) is 6.40. The Labute approximate surface area is 229 Å². The van der Waals surface area contributed by atoms with Crippen molar-refractivity contribution in [1.29, 1.82) is 0 Å². The van der Waals surface area contributed by atoms with Crippen LogP contribution in [0.2, 0.25) is 5.02 Å². The summed E-state index contributed by atoms with van der Waals surface area (Å²) in [6.45, 7) is 8.25. The number of anilines is 2. The molecule has 202 valence electrons. The van der Waals surface area contributed by atoms with Gasteiger partial charge < -0.3 is 15.4 Å². The summed E-state index contributed by atoms with van der Waals surface area (Å²) in [7, 11) is -4.13. The number of hydrogen-bond acceptors (Lipinski definition) is 7. The predicted molar refractivity (Wildman–Crippen MR) is 151 cm³/mol. The zero-order valence-electron chi connectivity index (χ0n) is 21.8. The summed E-state index contributed by atoms with van der Waals surface area (Å²) in [6.07, 6.45) is 1.89. The summed E-state index contributed by atoms with van der Waals surface area (Å²) < 4.78 is 33.9. The Hall–Kier alpha value is -3.30. The molecular formula is C28H33ClN4O4S. The van der Waals surface area contributed by atoms with Crippen molar-refractivity contribution in [2.75, 3.05) is 30.3 Å². The lowest BCUT2D eigenvalue weighted by Gasteiger charge is -2.32. The van der Waals surface area contributed by atoms with E-state index in [2.05, 4.69) is 25.5 Å². The quantitative estimate of drug-likeness (QED) is 0.358. The third kappa shape index (κ3) is 6.57. The highest BCUT2D eigenvalue weighted by Gasteiger charge is 2.26. The Kier molecular flexibility index (Phi) is 8.47. The molecule has 1 fully saturated rings. The number of nitrogen functional groups attached to an aromatic ring is 1. The lowest BCUT2D eigenvalue weighted by atomic mass is 9.98. The molecule has 0 bridgehead atoms. The lowest BCUT2D eigenvalue weighted by Crippen LogP contribution is -2.37. The normalized spacial score (nSPS) is 14.5. The zero-order valence-corrected chi connectivity index (χ0v) is 23.3. The molecule has 3 N–H and O–H groups in total. The van der Waals surface area contributed by atoms with Gasteiger partial charge in [-0.05, 0) is 67.1 Å². The van der Waals surface area contributed by atoms with Crippen molar-refractivity contribution in [3.05, 3.63) is 65.2 Å². The smallest absolute Gasteiger partial charge is 0.268 e. The number of nitrogens with zero attached hydrogens (tertiary/aromatic N) is 2. The van der Waals surface area contributed by atoms with Gasteiger partial charge in [-0.1, -0.05) is 44.5 Å². The standard InChI is InChI=1S/C28H33ClN4O4S/c1-18(2)17-37-26-15-20(7-9-24(26)29)25-10-8-23(27(31-25)33-13-11-19(3)12-14-33)28(34)32-38(35,36)22-6-4-5-21(30)16-22/h4-10,15-16,18-19H,11-14,17,30H2,1-3H3,(H,32,34). The molecule has 0 unspecified atom stereocenters. The van der Waals surface area contributed by atoms with E-state index in [-0.39, 0.29) is 16.1 Å². The van der Waals surface area contributed by atoms with Gasteiger partial charge in [-0.3, -0.25) is 4.79 Å². The number of carbonyl (C=O) groups is 1. The average Bonchev–Trinajstić information content (AvgIpc) is 2.88. The second kappa shape index (κ2) is 11.6. The van der Waals surface area contributed by atoms with E-state index in [0.29, 0.717) is 53.8 Å². The highest BCUT2D eigenvalue weighted by Crippen LogP contribution is 2.33. The Morgan fingerprint density at radius 2 is 1.89 bits per heavy atom. The summed E-state index contributed by atoms with van der Waals surface area (Å²) in [5, 5.41) is 0.502. The molecule has 0 atom stereocenters. The maximum atomic E-state index is 13.3. The van der Waals surface area contributed by atoms with Gasteiger partial charge in [0, 0.05) is 24.3 Å². The average molecular weight is 557 g/mol. The van der Waals surface area contributed by atoms with Crippen molar-refractivity contribution in [2.45, 2.75) is 38.5 Å². The fourth-order valence-corrected chi connectivity index (χ4v) is 5.39. The molecule has 3 aromatic rings. The van der Waals surface area contributed by atoms with Crippen molar-refractivity contribution in [2.24, 2.45) is 11.8 Å². The molecule has 1 aromatic heterocycles. The lowest BCUT2D eigenvalue weighted by molar-refractivity contribution is 0.0981. The fourth-order valence-electron chi connectivity index (χ4n) is 4.20. The summed E-state index contributed by atoms with van der Waals surface area (Å²) in [5.74, 6) is 1.14. The molecule has 1 saturated heterocycles. The van der Waals surface area contributed by atoms with Crippen LogP contribution in [-0.4, -0.2) is 39.0 Å². The number of sulfonamides is 1. The number of carbonyl (C=O) groups excluding carboxylic acids is 1. The first-order chi connectivity index (χ1) is 18.0. The summed E-state index contributed by atoms with van der Waals surface area (Å²) in [6, 6.07) is 14.6. The van der Waals surface area contributed by atoms with Crippen LogP contribution in [0.25, 0.3) is 11.3 Å². The number of benzene rings is 2. The van der Waals surface area contributed by atoms with Crippen molar-refractivity contribution in [1.82, 2.24) is 9.71 Å². The van der Waals surface area contributed by atoms with E-state index in [4.69, 9.17) is 27.1 Å². The van der Waals surface area contributed by atoms with Crippen LogP contribution in [-0.2, 0) is 10.0 Å². The van der Waals surface area contributed by atoms with Gasteiger partial charge in [-0.25, -0.2) is 18.1 Å². The van der Waals surface area contributed by atoms with Gasteiger partial charge in [0.1, 0.15) is 11.6 Å². The van der Waals surface area contributed by atoms with Gasteiger partial charge in [0.15, 0.2) is 0 Å². The van der Waals surface area contributed by atoms with Crippen LogP contribution in [0, 0.1) is 11.8 Å².